The number of rotatable bonds is 17. The summed E-state index contributed by atoms with van der Waals surface area (Å²) in [5, 5.41) is 34.2. The first-order valence-electron chi connectivity index (χ1n) is 26.0. The first kappa shape index (κ1) is 52.5. The average molecular weight is 1070 g/mol. The van der Waals surface area contributed by atoms with Gasteiger partial charge in [-0.15, -0.1) is 0 Å². The van der Waals surface area contributed by atoms with E-state index >= 15 is 4.39 Å². The van der Waals surface area contributed by atoms with E-state index in [1.807, 2.05) is 64.0 Å². The molecule has 0 bridgehead atoms. The molecule has 3 aromatic carbocycles. The summed E-state index contributed by atoms with van der Waals surface area (Å²) in [6, 6.07) is 16.5. The zero-order valence-electron chi connectivity index (χ0n) is 42.8. The quantitative estimate of drug-likeness (QED) is 0.0385. The summed E-state index contributed by atoms with van der Waals surface area (Å²) in [7, 11) is 5.31. The zero-order valence-corrected chi connectivity index (χ0v) is 44.3. The predicted molar refractivity (Wildman–Crippen MR) is 292 cm³/mol. The van der Waals surface area contributed by atoms with E-state index in [1.165, 1.54) is 17.3 Å². The second kappa shape index (κ2) is 24.0. The van der Waals surface area contributed by atoms with Crippen LogP contribution in [0.5, 0.6) is 11.5 Å². The Bertz CT molecular complexity index is 2930. The predicted octanol–water partition coefficient (Wildman–Crippen LogP) is 7.67. The van der Waals surface area contributed by atoms with Crippen LogP contribution in [0.1, 0.15) is 47.9 Å². The van der Waals surface area contributed by atoms with Crippen LogP contribution in [0.3, 0.4) is 0 Å². The average Bonchev–Trinajstić information content (AvgIpc) is 3.58. The monoisotopic (exact) mass is 1060 g/mol. The fourth-order valence-electron chi connectivity index (χ4n) is 11.5. The van der Waals surface area contributed by atoms with Crippen LogP contribution in [0.4, 0.5) is 45.0 Å². The number of fused-ring (bicyclic) bond motifs is 2. The lowest BCUT2D eigenvalue weighted by Crippen LogP contribution is -2.59. The van der Waals surface area contributed by atoms with Crippen LogP contribution < -0.4 is 30.7 Å². The van der Waals surface area contributed by atoms with Crippen molar-refractivity contribution >= 4 is 63.8 Å². The van der Waals surface area contributed by atoms with Gasteiger partial charge in [0.25, 0.3) is 0 Å². The molecule has 3 unspecified atom stereocenters. The van der Waals surface area contributed by atoms with E-state index in [0.717, 1.165) is 117 Å². The molecule has 2 fully saturated rings. The van der Waals surface area contributed by atoms with E-state index in [2.05, 4.69) is 58.2 Å². The third-order valence-corrected chi connectivity index (χ3v) is 15.9. The Morgan fingerprint density at radius 1 is 0.733 bits per heavy atom. The number of aryl methyl sites for hydroxylation is 1. The van der Waals surface area contributed by atoms with Crippen molar-refractivity contribution in [1.82, 2.24) is 49.1 Å². The summed E-state index contributed by atoms with van der Waals surface area (Å²) in [6.07, 6.45) is 11.9. The number of aliphatic hydroxyl groups excluding tert-OH is 2. The molecular formula is C54H67Cl2FN14O4. The second-order valence-corrected chi connectivity index (χ2v) is 20.6. The van der Waals surface area contributed by atoms with Gasteiger partial charge in [0, 0.05) is 89.4 Å². The molecule has 75 heavy (non-hydrogen) atoms. The molecule has 5 heterocycles. The summed E-state index contributed by atoms with van der Waals surface area (Å²) in [5.41, 5.74) is 7.82. The molecular weight excluding hydrogens is 999 g/mol. The molecule has 0 spiro atoms. The molecule has 6 aromatic rings. The maximum absolute atomic E-state index is 16.6. The van der Waals surface area contributed by atoms with Gasteiger partial charge in [-0.05, 0) is 97.9 Å². The minimum Gasteiger partial charge on any atom is -0.494 e. The zero-order chi connectivity index (χ0) is 52.0. The van der Waals surface area contributed by atoms with Crippen molar-refractivity contribution in [2.24, 2.45) is 7.05 Å². The molecule has 21 heteroatoms. The van der Waals surface area contributed by atoms with Gasteiger partial charge in [-0.25, -0.2) is 19.3 Å². The van der Waals surface area contributed by atoms with Gasteiger partial charge in [0.2, 0.25) is 11.9 Å². The molecule has 10 rings (SSSR count). The third kappa shape index (κ3) is 11.8. The highest BCUT2D eigenvalue weighted by molar-refractivity contribution is 6.33. The Morgan fingerprint density at radius 3 is 1.97 bits per heavy atom. The van der Waals surface area contributed by atoms with Gasteiger partial charge in [0.1, 0.15) is 33.5 Å². The van der Waals surface area contributed by atoms with Crippen molar-refractivity contribution in [3.8, 4) is 22.9 Å². The van der Waals surface area contributed by atoms with Gasteiger partial charge >= 0.3 is 0 Å². The van der Waals surface area contributed by atoms with Crippen LogP contribution in [0.15, 0.2) is 73.3 Å². The van der Waals surface area contributed by atoms with Crippen LogP contribution in [-0.2, 0) is 32.7 Å². The smallest absolute Gasteiger partial charge is 0.229 e. The minimum atomic E-state index is -1.28. The summed E-state index contributed by atoms with van der Waals surface area (Å²) in [4.78, 5) is 31.8. The number of aromatic nitrogens is 6. The van der Waals surface area contributed by atoms with Gasteiger partial charge in [-0.2, -0.15) is 9.97 Å². The highest BCUT2D eigenvalue weighted by Gasteiger charge is 2.37. The highest BCUT2D eigenvalue weighted by Crippen LogP contribution is 2.41. The number of halogens is 3. The fourth-order valence-corrected chi connectivity index (χ4v) is 11.7. The number of nitrogens with one attached hydrogen (secondary N) is 4. The maximum Gasteiger partial charge on any atom is 0.229 e. The Morgan fingerprint density at radius 2 is 1.36 bits per heavy atom. The first-order chi connectivity index (χ1) is 36.6. The summed E-state index contributed by atoms with van der Waals surface area (Å²) >= 11 is 13.3. The third-order valence-electron chi connectivity index (χ3n) is 15.3. The molecule has 6 N–H and O–H groups in total. The Hall–Kier alpha value is -5.90. The lowest BCUT2D eigenvalue weighted by molar-refractivity contribution is -0.0451. The molecule has 0 amide bonds. The standard InChI is InChI=1S/C54H67Cl2FN14O4/c1-67-19-18-58-52(67)40-10-4-5-13-43(40)61-50-41(55)30-59-53(65-50)62-45-17-15-35-29-37(9-7-12-39(35)49(45)75-3)71-25-24-70(32-46(71)57)47(33-73)64-51-42(56)31-60-54(66-51)63-44-16-14-34-28-36(8-6-11-38(34)48(44)74-2)69-22-20-68(21-23-69)26-27-72/h4-5,10,13-19,30-31,36-37,46-47,72-73H,6-9,11-12,20-29,32-33H2,1-3H3,(H2,59,61,62,65)(H2,60,63,64,66)/t36-,37?,46?,47?/m1/s1. The molecule has 2 aliphatic carbocycles. The number of methoxy groups -OCH3 is 2. The molecule has 4 aliphatic rings. The number of piperazine rings is 2. The lowest BCUT2D eigenvalue weighted by atomic mass is 9.98. The van der Waals surface area contributed by atoms with Crippen LogP contribution in [0.2, 0.25) is 10.0 Å². The van der Waals surface area contributed by atoms with Gasteiger partial charge in [0.05, 0.1) is 56.9 Å². The number of ether oxygens (including phenoxy) is 2. The number of benzene rings is 3. The second-order valence-electron chi connectivity index (χ2n) is 19.7. The van der Waals surface area contributed by atoms with E-state index in [1.54, 1.807) is 26.6 Å². The Labute approximate surface area is 447 Å². The Kier molecular flexibility index (Phi) is 16.8. The molecule has 2 aliphatic heterocycles. The van der Waals surface area contributed by atoms with Crippen LogP contribution in [0.25, 0.3) is 11.4 Å². The molecule has 2 saturated heterocycles. The number of hydrogen-bond donors (Lipinski definition) is 6. The van der Waals surface area contributed by atoms with E-state index in [0.29, 0.717) is 65.5 Å². The number of imidazole rings is 1. The highest BCUT2D eigenvalue weighted by atomic mass is 35.5. The Balaban J connectivity index is 0.769. The van der Waals surface area contributed by atoms with Crippen molar-refractivity contribution in [2.45, 2.75) is 75.9 Å². The number of hydrogen-bond acceptors (Lipinski definition) is 17. The number of anilines is 7. The van der Waals surface area contributed by atoms with Gasteiger partial charge in [0.15, 0.2) is 17.9 Å². The van der Waals surface area contributed by atoms with Gasteiger partial charge in [-0.3, -0.25) is 19.6 Å². The number of nitrogens with zero attached hydrogens (tertiary/aromatic N) is 10. The van der Waals surface area contributed by atoms with Crippen molar-refractivity contribution in [1.29, 1.82) is 0 Å². The maximum atomic E-state index is 16.6. The summed E-state index contributed by atoms with van der Waals surface area (Å²) < 4.78 is 30.7. The molecule has 0 radical (unpaired) electrons. The molecule has 0 saturated carbocycles. The van der Waals surface area contributed by atoms with E-state index in [4.69, 9.17) is 42.6 Å². The normalized spacial score (nSPS) is 20.3. The van der Waals surface area contributed by atoms with Gasteiger partial charge in [-0.1, -0.05) is 47.5 Å². The summed E-state index contributed by atoms with van der Waals surface area (Å²) in [5.74, 6) is 3.69. The minimum absolute atomic E-state index is 0.0374. The van der Waals surface area contributed by atoms with Crippen LogP contribution in [0, 0.1) is 0 Å². The fraction of sp³-hybridized carbons (Fsp3) is 0.463. The van der Waals surface area contributed by atoms with Crippen molar-refractivity contribution in [3.05, 3.63) is 106 Å². The van der Waals surface area contributed by atoms with Crippen molar-refractivity contribution in [3.63, 3.8) is 0 Å². The molecule has 18 nitrogen and oxygen atoms in total. The SMILES string of the molecule is COc1c(Nc2ncc(Cl)c(Nc3ccccc3-c3nccn3C)n2)ccc2c1CCCC(N1CCN(C(CO)Nc3nc(Nc4ccc5c(c4OC)CCC[C@@H](N4CCN(CCO)CC4)C5)ncc3Cl)CC1F)C2. The summed E-state index contributed by atoms with van der Waals surface area (Å²) in [6.45, 7) is 5.68. The number of alkyl halides is 1. The number of aliphatic hydroxyl groups is 2. The molecule has 3 aromatic heterocycles. The largest absolute Gasteiger partial charge is 0.494 e. The van der Waals surface area contributed by atoms with E-state index < -0.39 is 12.5 Å². The first-order valence-corrected chi connectivity index (χ1v) is 26.8. The van der Waals surface area contributed by atoms with Crippen molar-refractivity contribution in [2.75, 3.05) is 101 Å². The number of para-hydroxylation sites is 1. The molecule has 4 atom stereocenters. The van der Waals surface area contributed by atoms with E-state index in [-0.39, 0.29) is 30.8 Å². The van der Waals surface area contributed by atoms with Crippen LogP contribution >= 0.6 is 23.2 Å². The van der Waals surface area contributed by atoms with Crippen molar-refractivity contribution < 1.29 is 24.1 Å². The van der Waals surface area contributed by atoms with Gasteiger partial charge < -0.3 is 45.5 Å². The van der Waals surface area contributed by atoms with E-state index in [9.17, 15) is 10.2 Å². The number of β-amino-alcohol motifs (C(OH)–C–C–N with tert-alkyl or cyclic N) is 1. The van der Waals surface area contributed by atoms with Crippen LogP contribution in [-0.4, -0.2) is 164 Å². The lowest BCUT2D eigenvalue weighted by Gasteiger charge is -2.44. The molecule has 398 valence electrons. The topological polar surface area (TPSA) is 189 Å².